The summed E-state index contributed by atoms with van der Waals surface area (Å²) in [4.78, 5) is 21.2. The number of imidazole rings is 1. The molecule has 3 aromatic carbocycles. The van der Waals surface area contributed by atoms with E-state index in [1.807, 2.05) is 67.6 Å². The van der Waals surface area contributed by atoms with Crippen molar-refractivity contribution < 1.29 is 4.79 Å². The largest absolute Gasteiger partial charge is 0.332 e. The lowest BCUT2D eigenvalue weighted by molar-refractivity contribution is -0.115. The number of nitrogens with one attached hydrogen (secondary N) is 2. The molecule has 0 aliphatic carbocycles. The number of aromatic amines is 1. The fraction of sp³-hybridized carbons (Fsp3) is 0.120. The zero-order valence-electron chi connectivity index (χ0n) is 17.0. The lowest BCUT2D eigenvalue weighted by Gasteiger charge is -2.13. The molecule has 1 aromatic heterocycles. The third-order valence-corrected chi connectivity index (χ3v) is 6.28. The van der Waals surface area contributed by atoms with Crippen LogP contribution in [0.25, 0.3) is 22.5 Å². The first-order valence-corrected chi connectivity index (χ1v) is 11.3. The van der Waals surface area contributed by atoms with Crippen molar-refractivity contribution in [2.45, 2.75) is 23.8 Å². The number of amides is 1. The highest BCUT2D eigenvalue weighted by molar-refractivity contribution is 8.00. The standard InChI is InChI=1S/C25H22ClN3OS/c1-2-21(24(30)27-20-15-9-14-19(26)16-20)31-25-28-22(17-10-5-3-6-11-17)23(29-25)18-12-7-4-8-13-18/h3-16,21H,2H2,1H3,(H,27,30)(H,28,29). The second-order valence-electron chi connectivity index (χ2n) is 7.01. The van der Waals surface area contributed by atoms with Gasteiger partial charge in [-0.2, -0.15) is 0 Å². The molecule has 0 saturated carbocycles. The van der Waals surface area contributed by atoms with Crippen molar-refractivity contribution in [2.24, 2.45) is 0 Å². The number of hydrogen-bond donors (Lipinski definition) is 2. The fourth-order valence-corrected chi connectivity index (χ4v) is 4.37. The van der Waals surface area contributed by atoms with Crippen LogP contribution in [0.15, 0.2) is 90.1 Å². The summed E-state index contributed by atoms with van der Waals surface area (Å²) >= 11 is 7.47. The van der Waals surface area contributed by atoms with Crippen LogP contribution in [-0.4, -0.2) is 21.1 Å². The molecule has 4 aromatic rings. The molecule has 31 heavy (non-hydrogen) atoms. The minimum atomic E-state index is -0.294. The maximum absolute atomic E-state index is 12.9. The zero-order valence-corrected chi connectivity index (χ0v) is 18.6. The van der Waals surface area contributed by atoms with Crippen LogP contribution < -0.4 is 5.32 Å². The van der Waals surface area contributed by atoms with Gasteiger partial charge in [0, 0.05) is 21.8 Å². The molecule has 0 saturated heterocycles. The van der Waals surface area contributed by atoms with Crippen LogP contribution in [0.2, 0.25) is 5.02 Å². The van der Waals surface area contributed by atoms with E-state index >= 15 is 0 Å². The van der Waals surface area contributed by atoms with Crippen molar-refractivity contribution in [3.63, 3.8) is 0 Å². The Morgan fingerprint density at radius 3 is 2.32 bits per heavy atom. The number of rotatable bonds is 7. The van der Waals surface area contributed by atoms with Gasteiger partial charge < -0.3 is 10.3 Å². The summed E-state index contributed by atoms with van der Waals surface area (Å²) in [6, 6.07) is 27.3. The van der Waals surface area contributed by atoms with Crippen LogP contribution in [0.3, 0.4) is 0 Å². The average Bonchev–Trinajstić information content (AvgIpc) is 3.22. The van der Waals surface area contributed by atoms with Gasteiger partial charge in [0.05, 0.1) is 16.6 Å². The first-order chi connectivity index (χ1) is 15.1. The maximum atomic E-state index is 12.9. The van der Waals surface area contributed by atoms with E-state index in [9.17, 15) is 4.79 Å². The van der Waals surface area contributed by atoms with Gasteiger partial charge in [0.25, 0.3) is 0 Å². The van der Waals surface area contributed by atoms with E-state index in [0.717, 1.165) is 22.5 Å². The monoisotopic (exact) mass is 447 g/mol. The zero-order chi connectivity index (χ0) is 21.6. The highest BCUT2D eigenvalue weighted by Crippen LogP contribution is 2.34. The highest BCUT2D eigenvalue weighted by Gasteiger charge is 2.22. The van der Waals surface area contributed by atoms with Crippen LogP contribution in [0.4, 0.5) is 5.69 Å². The summed E-state index contributed by atoms with van der Waals surface area (Å²) in [6.45, 7) is 1.99. The third kappa shape index (κ3) is 5.19. The number of aromatic nitrogens is 2. The molecular formula is C25H22ClN3OS. The molecule has 4 nitrogen and oxygen atoms in total. The van der Waals surface area contributed by atoms with Crippen molar-refractivity contribution in [3.8, 4) is 22.5 Å². The molecule has 0 aliphatic heterocycles. The Kier molecular flexibility index (Phi) is 6.75. The normalized spacial score (nSPS) is 11.8. The Hall–Kier alpha value is -3.02. The minimum Gasteiger partial charge on any atom is -0.332 e. The topological polar surface area (TPSA) is 57.8 Å². The molecule has 1 atom stereocenters. The molecule has 4 rings (SSSR count). The van der Waals surface area contributed by atoms with Gasteiger partial charge in [-0.3, -0.25) is 4.79 Å². The molecule has 1 amide bonds. The summed E-state index contributed by atoms with van der Waals surface area (Å²) in [5.41, 5.74) is 4.59. The lowest BCUT2D eigenvalue weighted by atomic mass is 10.1. The summed E-state index contributed by atoms with van der Waals surface area (Å²) in [5.74, 6) is -0.0753. The Morgan fingerprint density at radius 2 is 1.68 bits per heavy atom. The van der Waals surface area contributed by atoms with E-state index in [0.29, 0.717) is 22.3 Å². The first kappa shape index (κ1) is 21.2. The number of H-pyrrole nitrogens is 1. The molecule has 1 unspecified atom stereocenters. The summed E-state index contributed by atoms with van der Waals surface area (Å²) < 4.78 is 0. The van der Waals surface area contributed by atoms with Gasteiger partial charge >= 0.3 is 0 Å². The molecule has 0 spiro atoms. The number of thioether (sulfide) groups is 1. The maximum Gasteiger partial charge on any atom is 0.237 e. The van der Waals surface area contributed by atoms with Crippen molar-refractivity contribution in [1.82, 2.24) is 9.97 Å². The highest BCUT2D eigenvalue weighted by atomic mass is 35.5. The van der Waals surface area contributed by atoms with Gasteiger partial charge in [0.2, 0.25) is 5.91 Å². The Bertz CT molecular complexity index is 1100. The van der Waals surface area contributed by atoms with Crippen LogP contribution in [0.5, 0.6) is 0 Å². The second-order valence-corrected chi connectivity index (χ2v) is 8.64. The number of hydrogen-bond acceptors (Lipinski definition) is 3. The van der Waals surface area contributed by atoms with Crippen molar-refractivity contribution in [3.05, 3.63) is 90.0 Å². The molecule has 1 heterocycles. The predicted octanol–water partition coefficient (Wildman–Crippen LogP) is 6.91. The molecule has 0 radical (unpaired) electrons. The molecule has 156 valence electrons. The van der Waals surface area contributed by atoms with Crippen molar-refractivity contribution in [2.75, 3.05) is 5.32 Å². The first-order valence-electron chi connectivity index (χ1n) is 10.1. The molecule has 0 bridgehead atoms. The van der Waals surface area contributed by atoms with Crippen LogP contribution in [-0.2, 0) is 4.79 Å². The summed E-state index contributed by atoms with van der Waals surface area (Å²) in [6.07, 6.45) is 0.666. The Labute approximate surface area is 191 Å². The number of nitrogens with zero attached hydrogens (tertiary/aromatic N) is 1. The summed E-state index contributed by atoms with van der Waals surface area (Å²) in [7, 11) is 0. The van der Waals surface area contributed by atoms with Crippen LogP contribution >= 0.6 is 23.4 Å². The second kappa shape index (κ2) is 9.86. The van der Waals surface area contributed by atoms with E-state index in [1.54, 1.807) is 12.1 Å². The Morgan fingerprint density at radius 1 is 1.00 bits per heavy atom. The van der Waals surface area contributed by atoms with Gasteiger partial charge in [-0.15, -0.1) is 0 Å². The van der Waals surface area contributed by atoms with Crippen LogP contribution in [0.1, 0.15) is 13.3 Å². The fourth-order valence-electron chi connectivity index (χ4n) is 3.27. The number of carbonyl (C=O) groups is 1. The SMILES string of the molecule is CCC(Sc1nc(-c2ccccc2)c(-c2ccccc2)[nH]1)C(=O)Nc1cccc(Cl)c1. The number of halogens is 1. The van der Waals surface area contributed by atoms with E-state index < -0.39 is 0 Å². The van der Waals surface area contributed by atoms with Gasteiger partial charge in [-0.05, 0) is 24.6 Å². The minimum absolute atomic E-state index is 0.0753. The smallest absolute Gasteiger partial charge is 0.237 e. The molecule has 0 fully saturated rings. The number of anilines is 1. The Balaban J connectivity index is 1.61. The van der Waals surface area contributed by atoms with E-state index in [1.165, 1.54) is 11.8 Å². The van der Waals surface area contributed by atoms with Crippen LogP contribution in [0, 0.1) is 0 Å². The average molecular weight is 448 g/mol. The predicted molar refractivity (Wildman–Crippen MR) is 129 cm³/mol. The van der Waals surface area contributed by atoms with E-state index in [-0.39, 0.29) is 11.2 Å². The van der Waals surface area contributed by atoms with E-state index in [4.69, 9.17) is 16.6 Å². The molecule has 2 N–H and O–H groups in total. The molecule has 0 aliphatic rings. The number of carbonyl (C=O) groups excluding carboxylic acids is 1. The van der Waals surface area contributed by atoms with Crippen molar-refractivity contribution >= 4 is 35.0 Å². The van der Waals surface area contributed by atoms with E-state index in [2.05, 4.69) is 22.4 Å². The quantitative estimate of drug-likeness (QED) is 0.303. The number of benzene rings is 3. The van der Waals surface area contributed by atoms with Gasteiger partial charge in [0.1, 0.15) is 0 Å². The van der Waals surface area contributed by atoms with Crippen molar-refractivity contribution in [1.29, 1.82) is 0 Å². The lowest BCUT2D eigenvalue weighted by Crippen LogP contribution is -2.24. The molecule has 6 heteroatoms. The van der Waals surface area contributed by atoms with Gasteiger partial charge in [-0.25, -0.2) is 4.98 Å². The summed E-state index contributed by atoms with van der Waals surface area (Å²) in [5, 5.41) is 3.96. The third-order valence-electron chi connectivity index (χ3n) is 4.80. The van der Waals surface area contributed by atoms with Gasteiger partial charge in [0.15, 0.2) is 5.16 Å². The molecular weight excluding hydrogens is 426 g/mol. The van der Waals surface area contributed by atoms with Gasteiger partial charge in [-0.1, -0.05) is 97.0 Å².